The van der Waals surface area contributed by atoms with Gasteiger partial charge in [-0.1, -0.05) is 46.8 Å². The van der Waals surface area contributed by atoms with E-state index in [1.807, 2.05) is 6.92 Å². The van der Waals surface area contributed by atoms with Crippen LogP contribution in [0.4, 0.5) is 0 Å². The predicted molar refractivity (Wildman–Crippen MR) is 110 cm³/mol. The van der Waals surface area contributed by atoms with Crippen LogP contribution in [0.5, 0.6) is 0 Å². The minimum absolute atomic E-state index is 0.0181. The number of esters is 1. The van der Waals surface area contributed by atoms with Gasteiger partial charge in [-0.3, -0.25) is 9.59 Å². The molecular formula is C24H34O6. The first-order chi connectivity index (χ1) is 13.8. The second kappa shape index (κ2) is 6.50. The third-order valence-corrected chi connectivity index (χ3v) is 8.60. The zero-order valence-electron chi connectivity index (χ0n) is 18.7. The highest BCUT2D eigenvalue weighted by Gasteiger charge is 2.75. The van der Waals surface area contributed by atoms with E-state index in [2.05, 4.69) is 13.8 Å². The van der Waals surface area contributed by atoms with Gasteiger partial charge in [0.2, 0.25) is 0 Å². The Hall–Kier alpha value is -1.50. The maximum Gasteiger partial charge on any atom is 0.308 e. The summed E-state index contributed by atoms with van der Waals surface area (Å²) in [7, 11) is 0. The first-order valence-electron chi connectivity index (χ1n) is 11.0. The van der Waals surface area contributed by atoms with Crippen LogP contribution in [-0.4, -0.2) is 51.5 Å². The molecule has 2 fully saturated rings. The van der Waals surface area contributed by atoms with E-state index < -0.39 is 35.1 Å². The fourth-order valence-electron chi connectivity index (χ4n) is 6.74. The average Bonchev–Trinajstić information content (AvgIpc) is 3.17. The van der Waals surface area contributed by atoms with Gasteiger partial charge in [-0.15, -0.1) is 0 Å². The lowest BCUT2D eigenvalue weighted by molar-refractivity contribution is -0.190. The number of carbonyl (C=O) groups is 2. The molecule has 8 atom stereocenters. The van der Waals surface area contributed by atoms with Crippen LogP contribution in [0, 0.1) is 40.4 Å². The van der Waals surface area contributed by atoms with E-state index in [4.69, 9.17) is 4.74 Å². The number of rotatable bonds is 3. The van der Waals surface area contributed by atoms with E-state index in [9.17, 15) is 24.9 Å². The normalized spacial score (nSPS) is 46.3. The maximum atomic E-state index is 14.0. The fourth-order valence-corrected chi connectivity index (χ4v) is 6.74. The number of Topliss-reactive ketones (excluding diaryl/α,β-unsaturated/α-hetero) is 1. The summed E-state index contributed by atoms with van der Waals surface area (Å²) in [5.74, 6) is -1.22. The monoisotopic (exact) mass is 418 g/mol. The Bertz CT molecular complexity index is 854. The van der Waals surface area contributed by atoms with Gasteiger partial charge in [0.25, 0.3) is 0 Å². The van der Waals surface area contributed by atoms with Crippen molar-refractivity contribution in [2.75, 3.05) is 6.61 Å². The second-order valence-electron chi connectivity index (χ2n) is 10.9. The van der Waals surface area contributed by atoms with Crippen LogP contribution in [0.25, 0.3) is 0 Å². The minimum Gasteiger partial charge on any atom is -0.461 e. The zero-order valence-corrected chi connectivity index (χ0v) is 18.7. The predicted octanol–water partition coefficient (Wildman–Crippen LogP) is 2.02. The minimum atomic E-state index is -2.08. The van der Waals surface area contributed by atoms with Gasteiger partial charge in [0, 0.05) is 5.92 Å². The highest BCUT2D eigenvalue weighted by Crippen LogP contribution is 2.71. The lowest BCUT2D eigenvalue weighted by Crippen LogP contribution is -2.65. The number of carbonyl (C=O) groups excluding carboxylic acids is 2. The van der Waals surface area contributed by atoms with E-state index in [1.54, 1.807) is 32.9 Å². The first-order valence-corrected chi connectivity index (χ1v) is 11.0. The summed E-state index contributed by atoms with van der Waals surface area (Å²) in [4.78, 5) is 26.1. The average molecular weight is 419 g/mol. The van der Waals surface area contributed by atoms with E-state index >= 15 is 0 Å². The molecule has 4 rings (SSSR count). The Kier molecular flexibility index (Phi) is 4.71. The van der Waals surface area contributed by atoms with Crippen molar-refractivity contribution in [3.05, 3.63) is 23.3 Å². The van der Waals surface area contributed by atoms with Crippen molar-refractivity contribution in [1.82, 2.24) is 0 Å². The van der Waals surface area contributed by atoms with E-state index in [0.717, 1.165) is 6.42 Å². The van der Waals surface area contributed by atoms with Gasteiger partial charge in [0.15, 0.2) is 5.78 Å². The number of aliphatic hydroxyl groups is 3. The molecule has 0 aromatic heterocycles. The SMILES string of the molecule is CC1=CC23C(=O)[C@H](C=C(COC(=O)C(C)C)[C@H](O)[C@@]2(O)[C@@H]1O)[C@H]1[C@@H](C[C@@H]3C)C1(C)C. The zero-order chi connectivity index (χ0) is 22.4. The molecular weight excluding hydrogens is 384 g/mol. The molecule has 0 amide bonds. The fraction of sp³-hybridized carbons (Fsp3) is 0.750. The molecule has 0 aliphatic heterocycles. The summed E-state index contributed by atoms with van der Waals surface area (Å²) < 4.78 is 5.38. The maximum absolute atomic E-state index is 14.0. The lowest BCUT2D eigenvalue weighted by atomic mass is 9.59. The summed E-state index contributed by atoms with van der Waals surface area (Å²) in [6.07, 6.45) is 1.28. The van der Waals surface area contributed by atoms with Crippen molar-refractivity contribution in [1.29, 1.82) is 0 Å². The molecule has 0 radical (unpaired) electrons. The Morgan fingerprint density at radius 1 is 1.27 bits per heavy atom. The van der Waals surface area contributed by atoms with E-state index in [0.29, 0.717) is 17.1 Å². The molecule has 4 aliphatic rings. The quantitative estimate of drug-likeness (QED) is 0.479. The smallest absolute Gasteiger partial charge is 0.308 e. The molecule has 3 N–H and O–H groups in total. The van der Waals surface area contributed by atoms with Crippen LogP contribution in [0.1, 0.15) is 48.0 Å². The van der Waals surface area contributed by atoms with Gasteiger partial charge in [0.1, 0.15) is 24.4 Å². The Morgan fingerprint density at radius 3 is 2.50 bits per heavy atom. The standard InChI is InChI=1S/C24H34O6/c1-11(2)21(28)30-10-14-8-15-17-16(22(17,5)6)7-13(4)23(20(15)27)9-12(3)18(25)24(23,29)19(14)26/h8-9,11,13,15-19,25-26,29H,7,10H2,1-6H3/t13-,15+,16+,17-,18+,19-,23?,24-/m0/s1. The number of ketones is 1. The highest BCUT2D eigenvalue weighted by molar-refractivity contribution is 5.95. The van der Waals surface area contributed by atoms with Crippen molar-refractivity contribution < 1.29 is 29.6 Å². The summed E-state index contributed by atoms with van der Waals surface area (Å²) in [5, 5.41) is 34.2. The number of fused-ring (bicyclic) bond motifs is 3. The molecule has 30 heavy (non-hydrogen) atoms. The summed E-state index contributed by atoms with van der Waals surface area (Å²) >= 11 is 0. The topological polar surface area (TPSA) is 104 Å². The van der Waals surface area contributed by atoms with Crippen LogP contribution < -0.4 is 0 Å². The van der Waals surface area contributed by atoms with Crippen LogP contribution in [-0.2, 0) is 14.3 Å². The van der Waals surface area contributed by atoms with Crippen molar-refractivity contribution in [2.24, 2.45) is 40.4 Å². The van der Waals surface area contributed by atoms with Crippen molar-refractivity contribution in [2.45, 2.75) is 65.8 Å². The summed E-state index contributed by atoms with van der Waals surface area (Å²) in [5.41, 5.74) is -2.69. The first kappa shape index (κ1) is 21.7. The molecule has 0 saturated heterocycles. The second-order valence-corrected chi connectivity index (χ2v) is 10.9. The Morgan fingerprint density at radius 2 is 1.90 bits per heavy atom. The molecule has 6 heteroatoms. The van der Waals surface area contributed by atoms with Crippen molar-refractivity contribution in [3.8, 4) is 0 Å². The molecule has 1 unspecified atom stereocenters. The van der Waals surface area contributed by atoms with Crippen LogP contribution in [0.2, 0.25) is 0 Å². The molecule has 1 spiro atoms. The van der Waals surface area contributed by atoms with Crippen LogP contribution >= 0.6 is 0 Å². The van der Waals surface area contributed by atoms with E-state index in [-0.39, 0.29) is 35.6 Å². The van der Waals surface area contributed by atoms with Gasteiger partial charge < -0.3 is 20.1 Å². The largest absolute Gasteiger partial charge is 0.461 e. The molecule has 0 aromatic rings. The lowest BCUT2D eigenvalue weighted by Gasteiger charge is -2.48. The van der Waals surface area contributed by atoms with Crippen LogP contribution in [0.15, 0.2) is 23.3 Å². The molecule has 0 aromatic carbocycles. The molecule has 2 saturated carbocycles. The van der Waals surface area contributed by atoms with Gasteiger partial charge in [-0.05, 0) is 47.7 Å². The Balaban J connectivity index is 1.86. The molecule has 0 heterocycles. The summed E-state index contributed by atoms with van der Waals surface area (Å²) in [6.45, 7) is 11.2. The molecule has 166 valence electrons. The third kappa shape index (κ3) is 2.47. The van der Waals surface area contributed by atoms with Crippen LogP contribution in [0.3, 0.4) is 0 Å². The molecule has 4 aliphatic carbocycles. The van der Waals surface area contributed by atoms with Crippen molar-refractivity contribution in [3.63, 3.8) is 0 Å². The van der Waals surface area contributed by atoms with Crippen molar-refractivity contribution >= 4 is 11.8 Å². The Labute approximate surface area is 178 Å². The number of ether oxygens (including phenoxy) is 1. The molecule has 6 nitrogen and oxygen atoms in total. The van der Waals surface area contributed by atoms with Gasteiger partial charge in [-0.2, -0.15) is 0 Å². The number of aliphatic hydroxyl groups excluding tert-OH is 2. The number of hydrogen-bond acceptors (Lipinski definition) is 6. The van der Waals surface area contributed by atoms with Gasteiger partial charge in [0.05, 0.1) is 11.3 Å². The van der Waals surface area contributed by atoms with Gasteiger partial charge in [-0.25, -0.2) is 0 Å². The number of hydrogen-bond donors (Lipinski definition) is 3. The third-order valence-electron chi connectivity index (χ3n) is 8.60. The highest BCUT2D eigenvalue weighted by atomic mass is 16.5. The van der Waals surface area contributed by atoms with Gasteiger partial charge >= 0.3 is 5.97 Å². The molecule has 2 bridgehead atoms. The summed E-state index contributed by atoms with van der Waals surface area (Å²) in [6, 6.07) is 0. The van der Waals surface area contributed by atoms with E-state index in [1.165, 1.54) is 0 Å². The number of allylic oxidation sites excluding steroid dienone is 1.